The number of hydrogen-bond acceptors (Lipinski definition) is 4. The number of ether oxygens (including phenoxy) is 3. The van der Waals surface area contributed by atoms with Gasteiger partial charge < -0.3 is 19.3 Å². The predicted molar refractivity (Wildman–Crippen MR) is 128 cm³/mol. The Balaban J connectivity index is 1.60. The lowest BCUT2D eigenvalue weighted by molar-refractivity contribution is 0.0900. The van der Waals surface area contributed by atoms with Crippen LogP contribution in [-0.4, -0.2) is 36.6 Å². The summed E-state index contributed by atoms with van der Waals surface area (Å²) >= 11 is 0. The average Bonchev–Trinajstić information content (AvgIpc) is 3.46. The van der Waals surface area contributed by atoms with Gasteiger partial charge >= 0.3 is 0 Å². The van der Waals surface area contributed by atoms with Crippen LogP contribution >= 0.6 is 0 Å². The molecule has 1 fully saturated rings. The third-order valence-electron chi connectivity index (χ3n) is 8.44. The molecule has 3 aliphatic rings. The standard InChI is InChI=1S/C28H40O4/c1-19-7-6-15-28(4)26(32-28)25(29)23-13-8-20(2)27(3,16-14-19)24(23)18-31-17-21-9-11-22(30-5)12-10-21/h7,9-12,20,25-26,29H,6,8,13-18H2,1-5H3/b19-7+/t20-,25+,26-,27+,28-/m1/s1. The highest BCUT2D eigenvalue weighted by Crippen LogP contribution is 2.52. The molecule has 0 unspecified atom stereocenters. The molecule has 1 aliphatic heterocycles. The van der Waals surface area contributed by atoms with Crippen LogP contribution in [0.25, 0.3) is 0 Å². The number of epoxide rings is 1. The average molecular weight is 441 g/mol. The summed E-state index contributed by atoms with van der Waals surface area (Å²) in [6, 6.07) is 8.04. The number of fused-ring (bicyclic) bond motifs is 2. The van der Waals surface area contributed by atoms with Crippen LogP contribution in [0.5, 0.6) is 5.75 Å². The van der Waals surface area contributed by atoms with Gasteiger partial charge in [0.1, 0.15) is 18.0 Å². The molecule has 1 heterocycles. The van der Waals surface area contributed by atoms with E-state index in [9.17, 15) is 5.11 Å². The molecule has 4 rings (SSSR count). The normalized spacial score (nSPS) is 36.9. The van der Waals surface area contributed by atoms with Gasteiger partial charge in [0.05, 0.1) is 25.9 Å². The van der Waals surface area contributed by atoms with Crippen molar-refractivity contribution in [3.63, 3.8) is 0 Å². The van der Waals surface area contributed by atoms with Gasteiger partial charge in [-0.1, -0.05) is 37.6 Å². The SMILES string of the molecule is COc1ccc(COCC2=C3CC[C@@H](C)[C@]2(C)CC/C(C)=C/CC[C@@]2(C)O[C@@H]2[C@H]3O)cc1. The van der Waals surface area contributed by atoms with Crippen LogP contribution in [-0.2, 0) is 16.1 Å². The zero-order valence-corrected chi connectivity index (χ0v) is 20.4. The van der Waals surface area contributed by atoms with Crippen molar-refractivity contribution < 1.29 is 19.3 Å². The Morgan fingerprint density at radius 2 is 1.84 bits per heavy atom. The molecule has 0 amide bonds. The number of hydrogen-bond donors (Lipinski definition) is 1. The van der Waals surface area contributed by atoms with Crippen LogP contribution in [0, 0.1) is 11.3 Å². The van der Waals surface area contributed by atoms with Gasteiger partial charge in [-0.05, 0) is 92.5 Å². The van der Waals surface area contributed by atoms with E-state index in [1.807, 2.05) is 12.1 Å². The van der Waals surface area contributed by atoms with Crippen LogP contribution in [0.1, 0.15) is 71.8 Å². The van der Waals surface area contributed by atoms with Crippen LogP contribution < -0.4 is 4.74 Å². The Morgan fingerprint density at radius 1 is 1.09 bits per heavy atom. The largest absolute Gasteiger partial charge is 0.497 e. The molecule has 0 radical (unpaired) electrons. The van der Waals surface area contributed by atoms with Crippen molar-refractivity contribution in [2.45, 2.75) is 90.6 Å². The van der Waals surface area contributed by atoms with Gasteiger partial charge in [-0.2, -0.15) is 0 Å². The van der Waals surface area contributed by atoms with E-state index in [2.05, 4.69) is 45.9 Å². The first kappa shape index (κ1) is 23.5. The molecular weight excluding hydrogens is 400 g/mol. The third kappa shape index (κ3) is 4.69. The monoisotopic (exact) mass is 440 g/mol. The van der Waals surface area contributed by atoms with Crippen molar-refractivity contribution in [2.24, 2.45) is 11.3 Å². The molecule has 4 nitrogen and oxygen atoms in total. The highest BCUT2D eigenvalue weighted by Gasteiger charge is 2.57. The number of allylic oxidation sites excluding steroid dienone is 2. The summed E-state index contributed by atoms with van der Waals surface area (Å²) in [6.07, 6.45) is 7.96. The first-order chi connectivity index (χ1) is 15.3. The van der Waals surface area contributed by atoms with Gasteiger partial charge in [-0.15, -0.1) is 0 Å². The van der Waals surface area contributed by atoms with E-state index in [-0.39, 0.29) is 17.1 Å². The zero-order chi connectivity index (χ0) is 22.9. The van der Waals surface area contributed by atoms with Gasteiger partial charge in [0.2, 0.25) is 0 Å². The van der Waals surface area contributed by atoms with Crippen LogP contribution in [0.4, 0.5) is 0 Å². The lowest BCUT2D eigenvalue weighted by atomic mass is 9.61. The minimum atomic E-state index is -0.532. The lowest BCUT2D eigenvalue weighted by Crippen LogP contribution is -2.38. The molecule has 1 saturated heterocycles. The molecule has 4 heteroatoms. The van der Waals surface area contributed by atoms with Crippen molar-refractivity contribution in [1.82, 2.24) is 0 Å². The molecular formula is C28H40O4. The highest BCUT2D eigenvalue weighted by atomic mass is 16.6. The van der Waals surface area contributed by atoms with E-state index in [0.717, 1.165) is 49.8 Å². The molecule has 0 spiro atoms. The van der Waals surface area contributed by atoms with Crippen molar-refractivity contribution in [2.75, 3.05) is 13.7 Å². The Labute approximate surface area is 193 Å². The van der Waals surface area contributed by atoms with E-state index in [0.29, 0.717) is 19.1 Å². The van der Waals surface area contributed by atoms with Gasteiger partial charge in [0.15, 0.2) is 0 Å². The highest BCUT2D eigenvalue weighted by molar-refractivity contribution is 5.33. The second-order valence-electron chi connectivity index (χ2n) is 10.6. The topological polar surface area (TPSA) is 51.2 Å². The summed E-state index contributed by atoms with van der Waals surface area (Å²) in [4.78, 5) is 0. The fourth-order valence-electron chi connectivity index (χ4n) is 5.68. The molecule has 2 aliphatic carbocycles. The predicted octanol–water partition coefficient (Wildman–Crippen LogP) is 5.98. The second kappa shape index (κ2) is 9.32. The Hall–Kier alpha value is -1.62. The van der Waals surface area contributed by atoms with Gasteiger partial charge in [0.25, 0.3) is 0 Å². The van der Waals surface area contributed by atoms with Gasteiger partial charge in [-0.3, -0.25) is 0 Å². The Morgan fingerprint density at radius 3 is 2.56 bits per heavy atom. The van der Waals surface area contributed by atoms with Crippen LogP contribution in [0.15, 0.2) is 47.1 Å². The second-order valence-corrected chi connectivity index (χ2v) is 10.6. The number of benzene rings is 1. The van der Waals surface area contributed by atoms with Crippen molar-refractivity contribution in [1.29, 1.82) is 0 Å². The molecule has 1 N–H and O–H groups in total. The molecule has 32 heavy (non-hydrogen) atoms. The van der Waals surface area contributed by atoms with E-state index in [4.69, 9.17) is 14.2 Å². The summed E-state index contributed by atoms with van der Waals surface area (Å²) in [5, 5.41) is 11.4. The third-order valence-corrected chi connectivity index (χ3v) is 8.44. The molecule has 5 atom stereocenters. The maximum absolute atomic E-state index is 11.4. The summed E-state index contributed by atoms with van der Waals surface area (Å²) in [7, 11) is 1.68. The fourth-order valence-corrected chi connectivity index (χ4v) is 5.68. The minimum absolute atomic E-state index is 0.0219. The summed E-state index contributed by atoms with van der Waals surface area (Å²) in [6.45, 7) is 10.3. The first-order valence-corrected chi connectivity index (χ1v) is 12.2. The van der Waals surface area contributed by atoms with E-state index in [1.54, 1.807) is 7.11 Å². The van der Waals surface area contributed by atoms with Crippen molar-refractivity contribution >= 4 is 0 Å². The van der Waals surface area contributed by atoms with Gasteiger partial charge in [0, 0.05) is 0 Å². The summed E-state index contributed by atoms with van der Waals surface area (Å²) in [5.74, 6) is 1.41. The quantitative estimate of drug-likeness (QED) is 0.452. The summed E-state index contributed by atoms with van der Waals surface area (Å²) < 4.78 is 17.6. The fraction of sp³-hybridized carbons (Fsp3) is 0.643. The molecule has 0 aromatic heterocycles. The molecule has 1 aromatic rings. The molecule has 2 bridgehead atoms. The van der Waals surface area contributed by atoms with E-state index >= 15 is 0 Å². The molecule has 176 valence electrons. The van der Waals surface area contributed by atoms with Crippen molar-refractivity contribution in [3.8, 4) is 5.75 Å². The van der Waals surface area contributed by atoms with Gasteiger partial charge in [-0.25, -0.2) is 0 Å². The Bertz CT molecular complexity index is 870. The Kier molecular flexibility index (Phi) is 6.86. The number of methoxy groups -OCH3 is 1. The van der Waals surface area contributed by atoms with E-state index in [1.165, 1.54) is 16.7 Å². The smallest absolute Gasteiger partial charge is 0.118 e. The molecule has 1 aromatic carbocycles. The lowest BCUT2D eigenvalue weighted by Gasteiger charge is -2.45. The number of aliphatic hydroxyl groups excluding tert-OH is 1. The molecule has 0 saturated carbocycles. The maximum Gasteiger partial charge on any atom is 0.118 e. The van der Waals surface area contributed by atoms with E-state index < -0.39 is 6.10 Å². The first-order valence-electron chi connectivity index (χ1n) is 12.2. The van der Waals surface area contributed by atoms with Crippen molar-refractivity contribution in [3.05, 3.63) is 52.6 Å². The minimum Gasteiger partial charge on any atom is -0.497 e. The zero-order valence-electron chi connectivity index (χ0n) is 20.4. The van der Waals surface area contributed by atoms with Crippen LogP contribution in [0.2, 0.25) is 0 Å². The number of aliphatic hydroxyl groups is 1. The summed E-state index contributed by atoms with van der Waals surface area (Å²) in [5.41, 5.74) is 4.89. The van der Waals surface area contributed by atoms with Crippen LogP contribution in [0.3, 0.4) is 0 Å². The number of rotatable bonds is 5. The maximum atomic E-state index is 11.4.